The molecule has 0 radical (unpaired) electrons. The van der Waals surface area contributed by atoms with Gasteiger partial charge in [0.15, 0.2) is 0 Å². The number of aromatic hydroxyl groups is 1. The molecule has 7 nitrogen and oxygen atoms in total. The number of halogens is 2. The van der Waals surface area contributed by atoms with E-state index in [9.17, 15) is 23.5 Å². The Morgan fingerprint density at radius 1 is 0.816 bits per heavy atom. The fourth-order valence-electron chi connectivity index (χ4n) is 4.63. The molecule has 1 aromatic heterocycles. The number of carbonyl (C=O) groups excluding carboxylic acids is 2. The van der Waals surface area contributed by atoms with Gasteiger partial charge < -0.3 is 20.5 Å². The Bertz CT molecular complexity index is 1490. The van der Waals surface area contributed by atoms with Crippen molar-refractivity contribution in [2.24, 2.45) is 0 Å². The Balaban J connectivity index is 1.19. The molecular formula is C29H25F2N3O4. The van der Waals surface area contributed by atoms with E-state index in [1.54, 1.807) is 24.3 Å². The molecular weight excluding hydrogens is 492 g/mol. The zero-order valence-corrected chi connectivity index (χ0v) is 20.3. The third kappa shape index (κ3) is 5.56. The Labute approximate surface area is 217 Å². The van der Waals surface area contributed by atoms with Gasteiger partial charge >= 0.3 is 0 Å². The van der Waals surface area contributed by atoms with Gasteiger partial charge in [0.25, 0.3) is 11.8 Å². The number of ether oxygens (including phenoxy) is 1. The molecule has 1 heterocycles. The van der Waals surface area contributed by atoms with Crippen LogP contribution in [0.5, 0.6) is 17.4 Å². The molecule has 9 heteroatoms. The van der Waals surface area contributed by atoms with Gasteiger partial charge in [0.2, 0.25) is 5.88 Å². The highest BCUT2D eigenvalue weighted by molar-refractivity contribution is 6.03. The van der Waals surface area contributed by atoms with Crippen LogP contribution in [0.25, 0.3) is 10.8 Å². The van der Waals surface area contributed by atoms with Crippen LogP contribution < -0.4 is 15.4 Å². The van der Waals surface area contributed by atoms with Crippen LogP contribution in [0, 0.1) is 11.6 Å². The largest absolute Gasteiger partial charge is 0.506 e. The summed E-state index contributed by atoms with van der Waals surface area (Å²) in [7, 11) is 0. The standard InChI is InChI=1S/C29H25F2N3O4/c30-18-6-12-22(13-7-18)38-29-25(15-19(31)16-32-29)28(37)34-21-10-8-20(9-11-21)33-27(36)24-14-5-17-3-1-2-4-23(17)26(24)35/h1-7,12-16,20-21,35H,8-11H2,(H,33,36)(H,34,37). The van der Waals surface area contributed by atoms with Crippen molar-refractivity contribution in [2.75, 3.05) is 0 Å². The molecule has 0 atom stereocenters. The summed E-state index contributed by atoms with van der Waals surface area (Å²) in [5.74, 6) is -1.91. The van der Waals surface area contributed by atoms with Crippen molar-refractivity contribution in [3.8, 4) is 17.4 Å². The molecule has 3 N–H and O–H groups in total. The first-order valence-electron chi connectivity index (χ1n) is 12.3. The lowest BCUT2D eigenvalue weighted by Crippen LogP contribution is -2.43. The summed E-state index contributed by atoms with van der Waals surface area (Å²) in [6.07, 6.45) is 3.36. The minimum atomic E-state index is -0.690. The van der Waals surface area contributed by atoms with Crippen molar-refractivity contribution < 1.29 is 28.2 Å². The summed E-state index contributed by atoms with van der Waals surface area (Å²) in [6, 6.07) is 16.6. The number of benzene rings is 3. The average molecular weight is 518 g/mol. The Kier molecular flexibility index (Phi) is 7.17. The number of hydrogen-bond acceptors (Lipinski definition) is 5. The van der Waals surface area contributed by atoms with Crippen molar-refractivity contribution in [3.63, 3.8) is 0 Å². The number of carbonyl (C=O) groups is 2. The molecule has 38 heavy (non-hydrogen) atoms. The van der Waals surface area contributed by atoms with E-state index in [0.29, 0.717) is 31.1 Å². The monoisotopic (exact) mass is 517 g/mol. The molecule has 0 unspecified atom stereocenters. The van der Waals surface area contributed by atoms with Crippen LogP contribution in [0.4, 0.5) is 8.78 Å². The van der Waals surface area contributed by atoms with E-state index in [0.717, 1.165) is 17.6 Å². The fourth-order valence-corrected chi connectivity index (χ4v) is 4.63. The van der Waals surface area contributed by atoms with Gasteiger partial charge in [0.1, 0.15) is 28.7 Å². The SMILES string of the molecule is O=C(NC1CCC(NC(=O)c2ccc3ccccc3c2O)CC1)c1cc(F)cnc1Oc1ccc(F)cc1. The first kappa shape index (κ1) is 25.1. The van der Waals surface area contributed by atoms with Gasteiger partial charge in [-0.1, -0.05) is 30.3 Å². The van der Waals surface area contributed by atoms with Gasteiger partial charge in [-0.15, -0.1) is 0 Å². The van der Waals surface area contributed by atoms with Crippen molar-refractivity contribution in [3.05, 3.63) is 95.7 Å². The zero-order chi connectivity index (χ0) is 26.6. The van der Waals surface area contributed by atoms with E-state index in [1.807, 2.05) is 12.1 Å². The smallest absolute Gasteiger partial charge is 0.257 e. The van der Waals surface area contributed by atoms with Gasteiger partial charge in [-0.3, -0.25) is 9.59 Å². The van der Waals surface area contributed by atoms with E-state index in [-0.39, 0.29) is 46.5 Å². The third-order valence-corrected chi connectivity index (χ3v) is 6.63. The predicted molar refractivity (Wildman–Crippen MR) is 137 cm³/mol. The van der Waals surface area contributed by atoms with Crippen LogP contribution >= 0.6 is 0 Å². The Morgan fingerprint density at radius 2 is 1.45 bits per heavy atom. The maximum atomic E-state index is 13.9. The van der Waals surface area contributed by atoms with E-state index in [1.165, 1.54) is 24.3 Å². The van der Waals surface area contributed by atoms with E-state index in [2.05, 4.69) is 15.6 Å². The zero-order valence-electron chi connectivity index (χ0n) is 20.3. The number of pyridine rings is 1. The third-order valence-electron chi connectivity index (χ3n) is 6.63. The highest BCUT2D eigenvalue weighted by Crippen LogP contribution is 2.29. The summed E-state index contributed by atoms with van der Waals surface area (Å²) >= 11 is 0. The van der Waals surface area contributed by atoms with Gasteiger partial charge in [-0.2, -0.15) is 0 Å². The number of phenolic OH excluding ortho intramolecular Hbond substituents is 1. The number of aromatic nitrogens is 1. The topological polar surface area (TPSA) is 101 Å². The lowest BCUT2D eigenvalue weighted by Gasteiger charge is -2.30. The summed E-state index contributed by atoms with van der Waals surface area (Å²) in [6.45, 7) is 0. The predicted octanol–water partition coefficient (Wildman–Crippen LogP) is 5.48. The summed E-state index contributed by atoms with van der Waals surface area (Å²) in [5, 5.41) is 17.9. The highest BCUT2D eigenvalue weighted by Gasteiger charge is 2.26. The summed E-state index contributed by atoms with van der Waals surface area (Å²) < 4.78 is 32.7. The molecule has 0 saturated heterocycles. The van der Waals surface area contributed by atoms with Crippen molar-refractivity contribution in [2.45, 2.75) is 37.8 Å². The maximum Gasteiger partial charge on any atom is 0.257 e. The average Bonchev–Trinajstić information content (AvgIpc) is 2.92. The van der Waals surface area contributed by atoms with Gasteiger partial charge in [-0.05, 0) is 67.5 Å². The fraction of sp³-hybridized carbons (Fsp3) is 0.207. The molecule has 1 fully saturated rings. The molecule has 0 spiro atoms. The van der Waals surface area contributed by atoms with Gasteiger partial charge in [0, 0.05) is 17.5 Å². The Morgan fingerprint density at radius 3 is 2.13 bits per heavy atom. The molecule has 194 valence electrons. The minimum absolute atomic E-state index is 0.0519. The molecule has 1 aliphatic carbocycles. The van der Waals surface area contributed by atoms with Gasteiger partial charge in [0.05, 0.1) is 11.8 Å². The second-order valence-electron chi connectivity index (χ2n) is 9.24. The molecule has 5 rings (SSSR count). The van der Waals surface area contributed by atoms with Crippen LogP contribution in [0.15, 0.2) is 72.9 Å². The van der Waals surface area contributed by atoms with Crippen molar-refractivity contribution in [1.29, 1.82) is 0 Å². The second kappa shape index (κ2) is 10.8. The molecule has 0 bridgehead atoms. The number of nitrogens with one attached hydrogen (secondary N) is 2. The molecule has 2 amide bonds. The first-order valence-corrected chi connectivity index (χ1v) is 12.3. The summed E-state index contributed by atoms with van der Waals surface area (Å²) in [5.41, 5.74) is 0.142. The molecule has 0 aliphatic heterocycles. The van der Waals surface area contributed by atoms with Crippen molar-refractivity contribution in [1.82, 2.24) is 15.6 Å². The first-order chi connectivity index (χ1) is 18.4. The lowest BCUT2D eigenvalue weighted by molar-refractivity contribution is 0.0888. The number of rotatable bonds is 6. The van der Waals surface area contributed by atoms with E-state index >= 15 is 0 Å². The number of fused-ring (bicyclic) bond motifs is 1. The van der Waals surface area contributed by atoms with Crippen LogP contribution in [-0.4, -0.2) is 34.0 Å². The molecule has 1 saturated carbocycles. The molecule has 1 aliphatic rings. The number of phenols is 1. The van der Waals surface area contributed by atoms with Crippen LogP contribution in [-0.2, 0) is 0 Å². The Hall–Kier alpha value is -4.53. The van der Waals surface area contributed by atoms with Crippen LogP contribution in [0.1, 0.15) is 46.4 Å². The van der Waals surface area contributed by atoms with Crippen LogP contribution in [0.2, 0.25) is 0 Å². The number of amides is 2. The lowest BCUT2D eigenvalue weighted by atomic mass is 9.90. The van der Waals surface area contributed by atoms with Gasteiger partial charge in [-0.25, -0.2) is 13.8 Å². The number of nitrogens with zero attached hydrogens (tertiary/aromatic N) is 1. The van der Waals surface area contributed by atoms with Crippen LogP contribution in [0.3, 0.4) is 0 Å². The van der Waals surface area contributed by atoms with Crippen molar-refractivity contribution >= 4 is 22.6 Å². The second-order valence-corrected chi connectivity index (χ2v) is 9.24. The number of hydrogen-bond donors (Lipinski definition) is 3. The quantitative estimate of drug-likeness (QED) is 0.314. The normalized spacial score (nSPS) is 17.1. The van der Waals surface area contributed by atoms with E-state index in [4.69, 9.17) is 4.74 Å². The maximum absolute atomic E-state index is 13.9. The van der Waals surface area contributed by atoms with E-state index < -0.39 is 17.5 Å². The molecule has 4 aromatic rings. The summed E-state index contributed by atoms with van der Waals surface area (Å²) in [4.78, 5) is 29.7. The highest BCUT2D eigenvalue weighted by atomic mass is 19.1. The molecule has 3 aromatic carbocycles. The minimum Gasteiger partial charge on any atom is -0.506 e.